The van der Waals surface area contributed by atoms with Crippen molar-refractivity contribution >= 4 is 22.2 Å². The molecule has 0 saturated carbocycles. The number of aryl methyl sites for hydroxylation is 1. The van der Waals surface area contributed by atoms with E-state index in [1.165, 1.54) is 23.7 Å². The molecule has 0 unspecified atom stereocenters. The third-order valence-corrected chi connectivity index (χ3v) is 6.52. The normalized spacial score (nSPS) is 16.7. The van der Waals surface area contributed by atoms with Crippen molar-refractivity contribution in [1.29, 1.82) is 0 Å². The van der Waals surface area contributed by atoms with E-state index in [-0.39, 0.29) is 23.5 Å². The fourth-order valence-corrected chi connectivity index (χ4v) is 4.89. The zero-order valence-corrected chi connectivity index (χ0v) is 17.5. The molecule has 3 aromatic rings. The Morgan fingerprint density at radius 1 is 1.21 bits per heavy atom. The molecule has 0 spiro atoms. The van der Waals surface area contributed by atoms with Gasteiger partial charge in [-0.05, 0) is 63.0 Å². The number of nitrogens with zero attached hydrogens (tertiary/aromatic N) is 1. The average Bonchev–Trinajstić information content (AvgIpc) is 3.35. The largest absolute Gasteiger partial charge is 0.459 e. The summed E-state index contributed by atoms with van der Waals surface area (Å²) in [7, 11) is 0. The summed E-state index contributed by atoms with van der Waals surface area (Å²) in [6, 6.07) is 12.1. The minimum absolute atomic E-state index is 0.219. The number of carbonyl (C=O) groups is 1. The highest BCUT2D eigenvalue weighted by Crippen LogP contribution is 2.41. The first-order valence-electron chi connectivity index (χ1n) is 9.96. The van der Waals surface area contributed by atoms with Gasteiger partial charge in [0, 0.05) is 16.0 Å². The molecular weight excluding hydrogens is 387 g/mol. The summed E-state index contributed by atoms with van der Waals surface area (Å²) in [6.45, 7) is 6.08. The van der Waals surface area contributed by atoms with Crippen molar-refractivity contribution in [2.24, 2.45) is 5.92 Å². The van der Waals surface area contributed by atoms with Gasteiger partial charge in [0.25, 0.3) is 5.91 Å². The molecule has 1 aliphatic heterocycles. The molecule has 1 fully saturated rings. The van der Waals surface area contributed by atoms with Crippen molar-refractivity contribution in [2.75, 3.05) is 18.4 Å². The minimum Gasteiger partial charge on any atom is -0.459 e. The maximum atomic E-state index is 14.9. The van der Waals surface area contributed by atoms with Crippen LogP contribution in [0, 0.1) is 18.7 Å². The third kappa shape index (κ3) is 4.28. The number of amides is 1. The molecule has 0 radical (unpaired) electrons. The lowest BCUT2D eigenvalue weighted by molar-refractivity contribution is 0.0996. The van der Waals surface area contributed by atoms with Crippen LogP contribution in [0.25, 0.3) is 0 Å². The van der Waals surface area contributed by atoms with Gasteiger partial charge >= 0.3 is 0 Å². The first-order valence-corrected chi connectivity index (χ1v) is 10.8. The molecule has 1 atom stereocenters. The monoisotopic (exact) mass is 412 g/mol. The highest BCUT2D eigenvalue weighted by atomic mass is 32.1. The molecule has 3 heterocycles. The van der Waals surface area contributed by atoms with Crippen molar-refractivity contribution < 1.29 is 13.6 Å². The van der Waals surface area contributed by atoms with Crippen LogP contribution in [0.2, 0.25) is 0 Å². The van der Waals surface area contributed by atoms with Crippen LogP contribution in [0.15, 0.2) is 53.1 Å². The number of hydrogen-bond acceptors (Lipinski definition) is 4. The van der Waals surface area contributed by atoms with Crippen LogP contribution in [0.4, 0.5) is 9.39 Å². The summed E-state index contributed by atoms with van der Waals surface area (Å²) >= 11 is 1.51. The van der Waals surface area contributed by atoms with E-state index in [1.807, 2.05) is 19.1 Å². The Labute approximate surface area is 174 Å². The van der Waals surface area contributed by atoms with Gasteiger partial charge in [-0.2, -0.15) is 0 Å². The topological polar surface area (TPSA) is 45.5 Å². The number of thiophene rings is 1. The standard InChI is InChI=1S/C23H25FN2O2S/c1-15-9-11-26(12-10-15)21(17-6-3-4-7-19(17)24)18-14-16(2)29-23(18)25-22(27)20-8-5-13-28-20/h3-8,13-15,21H,9-12H2,1-2H3,(H,25,27)/t21-/m0/s1. The van der Waals surface area contributed by atoms with Crippen LogP contribution in [0.1, 0.15) is 52.4 Å². The van der Waals surface area contributed by atoms with Crippen molar-refractivity contribution in [3.05, 3.63) is 76.3 Å². The summed E-state index contributed by atoms with van der Waals surface area (Å²) in [4.78, 5) is 16.0. The van der Waals surface area contributed by atoms with Gasteiger partial charge in [0.05, 0.1) is 12.3 Å². The van der Waals surface area contributed by atoms with Crippen LogP contribution in [0.3, 0.4) is 0 Å². The Morgan fingerprint density at radius 2 is 1.97 bits per heavy atom. The third-order valence-electron chi connectivity index (χ3n) is 5.53. The summed E-state index contributed by atoms with van der Waals surface area (Å²) in [5, 5.41) is 3.73. The van der Waals surface area contributed by atoms with Crippen LogP contribution < -0.4 is 5.32 Å². The highest BCUT2D eigenvalue weighted by molar-refractivity contribution is 7.16. The molecule has 4 rings (SSSR count). The van der Waals surface area contributed by atoms with Crippen molar-refractivity contribution in [2.45, 2.75) is 32.7 Å². The summed E-state index contributed by atoms with van der Waals surface area (Å²) in [6.07, 6.45) is 3.65. The summed E-state index contributed by atoms with van der Waals surface area (Å²) < 4.78 is 20.1. The molecule has 1 N–H and O–H groups in total. The Hall–Kier alpha value is -2.44. The maximum Gasteiger partial charge on any atom is 0.291 e. The van der Waals surface area contributed by atoms with Crippen LogP contribution in [0.5, 0.6) is 0 Å². The van der Waals surface area contributed by atoms with E-state index < -0.39 is 0 Å². The number of piperidine rings is 1. The van der Waals surface area contributed by atoms with Crippen LogP contribution in [-0.4, -0.2) is 23.9 Å². The fraction of sp³-hybridized carbons (Fsp3) is 0.348. The Bertz CT molecular complexity index is 975. The SMILES string of the molecule is Cc1cc([C@H](c2ccccc2F)N2CCC(C)CC2)c(NC(=O)c2ccco2)s1. The molecule has 152 valence electrons. The van der Waals surface area contributed by atoms with Crippen LogP contribution >= 0.6 is 11.3 Å². The molecule has 0 bridgehead atoms. The molecule has 1 amide bonds. The number of rotatable bonds is 5. The average molecular weight is 413 g/mol. The van der Waals surface area contributed by atoms with E-state index in [1.54, 1.807) is 18.2 Å². The van der Waals surface area contributed by atoms with E-state index in [4.69, 9.17) is 4.42 Å². The number of likely N-dealkylation sites (tertiary alicyclic amines) is 1. The Balaban J connectivity index is 1.73. The predicted octanol–water partition coefficient (Wildman–Crippen LogP) is 5.86. The minimum atomic E-state index is -0.294. The summed E-state index contributed by atoms with van der Waals surface area (Å²) in [5.41, 5.74) is 1.58. The second-order valence-electron chi connectivity index (χ2n) is 7.72. The lowest BCUT2D eigenvalue weighted by atomic mass is 9.92. The highest BCUT2D eigenvalue weighted by Gasteiger charge is 2.31. The van der Waals surface area contributed by atoms with Crippen LogP contribution in [-0.2, 0) is 0 Å². The smallest absolute Gasteiger partial charge is 0.291 e. The van der Waals surface area contributed by atoms with Gasteiger partial charge in [0.1, 0.15) is 10.8 Å². The molecule has 6 heteroatoms. The second kappa shape index (κ2) is 8.51. The first-order chi connectivity index (χ1) is 14.0. The number of halogens is 1. The zero-order valence-electron chi connectivity index (χ0n) is 16.7. The number of benzene rings is 1. The van der Waals surface area contributed by atoms with E-state index in [0.717, 1.165) is 41.4 Å². The lowest BCUT2D eigenvalue weighted by Crippen LogP contribution is -2.37. The number of nitrogens with one attached hydrogen (secondary N) is 1. The number of anilines is 1. The number of furan rings is 1. The van der Waals surface area contributed by atoms with Gasteiger partial charge < -0.3 is 9.73 Å². The van der Waals surface area contributed by atoms with Gasteiger partial charge in [-0.1, -0.05) is 25.1 Å². The van der Waals surface area contributed by atoms with E-state index >= 15 is 0 Å². The van der Waals surface area contributed by atoms with Gasteiger partial charge in [0.15, 0.2) is 5.76 Å². The zero-order chi connectivity index (χ0) is 20.4. The maximum absolute atomic E-state index is 14.9. The van der Waals surface area contributed by atoms with Gasteiger partial charge in [-0.15, -0.1) is 11.3 Å². The lowest BCUT2D eigenvalue weighted by Gasteiger charge is -2.37. The predicted molar refractivity (Wildman–Crippen MR) is 114 cm³/mol. The quantitative estimate of drug-likeness (QED) is 0.571. The molecular formula is C23H25FN2O2S. The molecule has 29 heavy (non-hydrogen) atoms. The summed E-state index contributed by atoms with van der Waals surface area (Å²) in [5.74, 6) is 0.423. The number of carbonyl (C=O) groups excluding carboxylic acids is 1. The van der Waals surface area contributed by atoms with Crippen molar-refractivity contribution in [1.82, 2.24) is 4.90 Å². The van der Waals surface area contributed by atoms with Gasteiger partial charge in [-0.25, -0.2) is 4.39 Å². The Kier molecular flexibility index (Phi) is 5.83. The number of hydrogen-bond donors (Lipinski definition) is 1. The molecule has 2 aromatic heterocycles. The second-order valence-corrected chi connectivity index (χ2v) is 8.97. The molecule has 1 saturated heterocycles. The van der Waals surface area contributed by atoms with E-state index in [9.17, 15) is 9.18 Å². The first kappa shape index (κ1) is 19.9. The molecule has 1 aromatic carbocycles. The molecule has 4 nitrogen and oxygen atoms in total. The molecule has 0 aliphatic carbocycles. The van der Waals surface area contributed by atoms with E-state index in [2.05, 4.69) is 23.2 Å². The van der Waals surface area contributed by atoms with Gasteiger partial charge in [-0.3, -0.25) is 9.69 Å². The Morgan fingerprint density at radius 3 is 2.66 bits per heavy atom. The van der Waals surface area contributed by atoms with Crippen molar-refractivity contribution in [3.8, 4) is 0 Å². The van der Waals surface area contributed by atoms with Crippen molar-refractivity contribution in [3.63, 3.8) is 0 Å². The van der Waals surface area contributed by atoms with Gasteiger partial charge in [0.2, 0.25) is 0 Å². The fourth-order valence-electron chi connectivity index (χ4n) is 3.95. The van der Waals surface area contributed by atoms with E-state index in [0.29, 0.717) is 11.5 Å². The molecule has 1 aliphatic rings.